The highest BCUT2D eigenvalue weighted by atomic mass is 16.6. The van der Waals surface area contributed by atoms with Crippen molar-refractivity contribution in [1.29, 1.82) is 0 Å². The molecule has 1 aromatic carbocycles. The van der Waals surface area contributed by atoms with Crippen LogP contribution in [0.15, 0.2) is 18.2 Å². The standard InChI is InChI=1S/C12H14N4O4/c13-8-5-4-7(6-10(8)16(19)20)14-12(18)9-2-1-3-11(17)15-9/h4-6,9H,1-3,13H2,(H,14,18)(H,15,17). The number of hydrogen-bond donors (Lipinski definition) is 3. The predicted octanol–water partition coefficient (Wildman–Crippen LogP) is 0.784. The second-order valence-electron chi connectivity index (χ2n) is 4.53. The number of benzene rings is 1. The van der Waals surface area contributed by atoms with Gasteiger partial charge in [-0.15, -0.1) is 0 Å². The normalized spacial score (nSPS) is 18.2. The summed E-state index contributed by atoms with van der Waals surface area (Å²) in [6.45, 7) is 0. The smallest absolute Gasteiger partial charge is 0.294 e. The lowest BCUT2D eigenvalue weighted by Crippen LogP contribution is -2.46. The first-order chi connectivity index (χ1) is 9.47. The van der Waals surface area contributed by atoms with Crippen molar-refractivity contribution >= 4 is 28.9 Å². The third-order valence-corrected chi connectivity index (χ3v) is 3.04. The highest BCUT2D eigenvalue weighted by Crippen LogP contribution is 2.25. The van der Waals surface area contributed by atoms with Gasteiger partial charge in [0.05, 0.1) is 4.92 Å². The molecule has 0 radical (unpaired) electrons. The van der Waals surface area contributed by atoms with E-state index in [4.69, 9.17) is 5.73 Å². The summed E-state index contributed by atoms with van der Waals surface area (Å²) in [6.07, 6.45) is 1.61. The number of hydrogen-bond acceptors (Lipinski definition) is 5. The van der Waals surface area contributed by atoms with Crippen molar-refractivity contribution in [1.82, 2.24) is 5.32 Å². The summed E-state index contributed by atoms with van der Waals surface area (Å²) < 4.78 is 0. The number of nitrogens with one attached hydrogen (secondary N) is 2. The van der Waals surface area contributed by atoms with Crippen LogP contribution < -0.4 is 16.4 Å². The molecule has 1 heterocycles. The maximum Gasteiger partial charge on any atom is 0.294 e. The fourth-order valence-electron chi connectivity index (χ4n) is 2.01. The van der Waals surface area contributed by atoms with Crippen molar-refractivity contribution in [3.63, 3.8) is 0 Å². The first kappa shape index (κ1) is 13.8. The Morgan fingerprint density at radius 3 is 2.90 bits per heavy atom. The molecule has 1 unspecified atom stereocenters. The minimum absolute atomic E-state index is 0.0268. The zero-order valence-electron chi connectivity index (χ0n) is 10.6. The molecule has 1 aliphatic heterocycles. The molecule has 20 heavy (non-hydrogen) atoms. The molecule has 106 valence electrons. The van der Waals surface area contributed by atoms with E-state index in [0.29, 0.717) is 19.3 Å². The number of nitrogen functional groups attached to an aromatic ring is 1. The van der Waals surface area contributed by atoms with Crippen LogP contribution in [-0.4, -0.2) is 22.8 Å². The van der Waals surface area contributed by atoms with Crippen LogP contribution >= 0.6 is 0 Å². The Hall–Kier alpha value is -2.64. The molecule has 8 heteroatoms. The largest absolute Gasteiger partial charge is 0.393 e. The summed E-state index contributed by atoms with van der Waals surface area (Å²) in [5, 5.41) is 15.9. The average molecular weight is 278 g/mol. The topological polar surface area (TPSA) is 127 Å². The SMILES string of the molecule is Nc1ccc(NC(=O)C2CCCC(=O)N2)cc1[N+](=O)[O-]. The molecule has 8 nitrogen and oxygen atoms in total. The Balaban J connectivity index is 2.09. The van der Waals surface area contributed by atoms with Crippen LogP contribution in [0.3, 0.4) is 0 Å². The Morgan fingerprint density at radius 2 is 2.25 bits per heavy atom. The molecular weight excluding hydrogens is 264 g/mol. The van der Waals surface area contributed by atoms with Gasteiger partial charge in [-0.2, -0.15) is 0 Å². The third-order valence-electron chi connectivity index (χ3n) is 3.04. The number of anilines is 2. The Bertz CT molecular complexity index is 573. The molecule has 2 rings (SSSR count). The summed E-state index contributed by atoms with van der Waals surface area (Å²) in [6, 6.07) is 3.42. The van der Waals surface area contributed by atoms with Gasteiger partial charge in [0.25, 0.3) is 5.69 Å². The molecule has 0 spiro atoms. The monoisotopic (exact) mass is 278 g/mol. The molecule has 0 bridgehead atoms. The summed E-state index contributed by atoms with van der Waals surface area (Å²) in [7, 11) is 0. The van der Waals surface area contributed by atoms with E-state index in [2.05, 4.69) is 10.6 Å². The minimum atomic E-state index is -0.618. The number of piperidine rings is 1. The number of carbonyl (C=O) groups excluding carboxylic acids is 2. The third kappa shape index (κ3) is 3.02. The number of carbonyl (C=O) groups is 2. The summed E-state index contributed by atoms with van der Waals surface area (Å²) >= 11 is 0. The second-order valence-corrected chi connectivity index (χ2v) is 4.53. The molecule has 1 atom stereocenters. The minimum Gasteiger partial charge on any atom is -0.393 e. The van der Waals surface area contributed by atoms with Crippen LogP contribution in [0.2, 0.25) is 0 Å². The first-order valence-electron chi connectivity index (χ1n) is 6.11. The maximum absolute atomic E-state index is 12.0. The van der Waals surface area contributed by atoms with E-state index in [-0.39, 0.29) is 23.0 Å². The number of nitrogens with two attached hydrogens (primary N) is 1. The molecule has 0 saturated carbocycles. The van der Waals surface area contributed by atoms with Gasteiger partial charge in [-0.25, -0.2) is 0 Å². The van der Waals surface area contributed by atoms with Crippen molar-refractivity contribution in [3.05, 3.63) is 28.3 Å². The van der Waals surface area contributed by atoms with Crippen molar-refractivity contribution < 1.29 is 14.5 Å². The number of amides is 2. The molecule has 0 aliphatic carbocycles. The van der Waals surface area contributed by atoms with E-state index in [0.717, 1.165) is 0 Å². The quantitative estimate of drug-likeness (QED) is 0.427. The number of nitro benzene ring substituents is 1. The number of rotatable bonds is 3. The van der Waals surface area contributed by atoms with Gasteiger partial charge in [-0.1, -0.05) is 0 Å². The molecule has 1 saturated heterocycles. The van der Waals surface area contributed by atoms with Gasteiger partial charge in [0.2, 0.25) is 11.8 Å². The summed E-state index contributed by atoms with van der Waals surface area (Å²) in [5.41, 5.74) is 5.50. The maximum atomic E-state index is 12.0. The predicted molar refractivity (Wildman–Crippen MR) is 71.9 cm³/mol. The Morgan fingerprint density at radius 1 is 1.50 bits per heavy atom. The molecule has 1 aromatic rings. The van der Waals surface area contributed by atoms with Crippen LogP contribution in [0.4, 0.5) is 17.1 Å². The lowest BCUT2D eigenvalue weighted by molar-refractivity contribution is -0.383. The Kier molecular flexibility index (Phi) is 3.83. The van der Waals surface area contributed by atoms with Crippen molar-refractivity contribution in [3.8, 4) is 0 Å². The van der Waals surface area contributed by atoms with Crippen LogP contribution in [-0.2, 0) is 9.59 Å². The zero-order valence-corrected chi connectivity index (χ0v) is 10.6. The van der Waals surface area contributed by atoms with E-state index in [9.17, 15) is 19.7 Å². The molecule has 4 N–H and O–H groups in total. The Labute approximate surface area is 114 Å². The highest BCUT2D eigenvalue weighted by molar-refractivity contribution is 5.98. The van der Waals surface area contributed by atoms with Crippen LogP contribution in [0.25, 0.3) is 0 Å². The van der Waals surface area contributed by atoms with Gasteiger partial charge in [-0.3, -0.25) is 19.7 Å². The fraction of sp³-hybridized carbons (Fsp3) is 0.333. The van der Waals surface area contributed by atoms with Gasteiger partial charge >= 0.3 is 0 Å². The average Bonchev–Trinajstić information content (AvgIpc) is 2.40. The van der Waals surface area contributed by atoms with E-state index in [1.807, 2.05) is 0 Å². The van der Waals surface area contributed by atoms with E-state index in [1.165, 1.54) is 18.2 Å². The van der Waals surface area contributed by atoms with E-state index >= 15 is 0 Å². The number of nitro groups is 1. The van der Waals surface area contributed by atoms with Crippen LogP contribution in [0.5, 0.6) is 0 Å². The van der Waals surface area contributed by atoms with Crippen molar-refractivity contribution in [2.75, 3.05) is 11.1 Å². The lowest BCUT2D eigenvalue weighted by atomic mass is 10.0. The molecule has 2 amide bonds. The fourth-order valence-corrected chi connectivity index (χ4v) is 2.01. The molecular formula is C12H14N4O4. The summed E-state index contributed by atoms with van der Waals surface area (Å²) in [5.74, 6) is -0.559. The zero-order chi connectivity index (χ0) is 14.7. The van der Waals surface area contributed by atoms with E-state index in [1.54, 1.807) is 0 Å². The van der Waals surface area contributed by atoms with Gasteiger partial charge in [0.1, 0.15) is 11.7 Å². The van der Waals surface area contributed by atoms with E-state index < -0.39 is 16.9 Å². The molecule has 0 aromatic heterocycles. The van der Waals surface area contributed by atoms with Gasteiger partial charge in [0.15, 0.2) is 0 Å². The van der Waals surface area contributed by atoms with Gasteiger partial charge in [-0.05, 0) is 25.0 Å². The molecule has 1 fully saturated rings. The van der Waals surface area contributed by atoms with Gasteiger partial charge in [0, 0.05) is 18.2 Å². The number of nitrogens with zero attached hydrogens (tertiary/aromatic N) is 1. The van der Waals surface area contributed by atoms with Crippen molar-refractivity contribution in [2.45, 2.75) is 25.3 Å². The highest BCUT2D eigenvalue weighted by Gasteiger charge is 2.25. The first-order valence-corrected chi connectivity index (χ1v) is 6.11. The van der Waals surface area contributed by atoms with Crippen LogP contribution in [0.1, 0.15) is 19.3 Å². The van der Waals surface area contributed by atoms with Gasteiger partial charge < -0.3 is 16.4 Å². The molecule has 1 aliphatic rings. The lowest BCUT2D eigenvalue weighted by Gasteiger charge is -2.22. The van der Waals surface area contributed by atoms with Crippen LogP contribution in [0, 0.1) is 10.1 Å². The second kappa shape index (κ2) is 5.55. The van der Waals surface area contributed by atoms with Crippen molar-refractivity contribution in [2.24, 2.45) is 0 Å². The summed E-state index contributed by atoms with van der Waals surface area (Å²) in [4.78, 5) is 33.3.